The van der Waals surface area contributed by atoms with E-state index in [1.165, 1.54) is 24.1 Å². The monoisotopic (exact) mass is 343 g/mol. The van der Waals surface area contributed by atoms with Gasteiger partial charge in [0.1, 0.15) is 0 Å². The SMILES string of the molecule is CC(C)(C)S(=O)CCNC(=O)Nc1nc2c(s1)CCCCC2. The van der Waals surface area contributed by atoms with Crippen LogP contribution in [0.15, 0.2) is 0 Å². The summed E-state index contributed by atoms with van der Waals surface area (Å²) in [5, 5.41) is 6.21. The van der Waals surface area contributed by atoms with Crippen molar-refractivity contribution in [2.24, 2.45) is 0 Å². The number of rotatable bonds is 4. The Balaban J connectivity index is 1.79. The van der Waals surface area contributed by atoms with Crippen molar-refractivity contribution in [1.82, 2.24) is 10.3 Å². The Morgan fingerprint density at radius 2 is 2.00 bits per heavy atom. The van der Waals surface area contributed by atoms with E-state index in [0.717, 1.165) is 18.5 Å². The van der Waals surface area contributed by atoms with Gasteiger partial charge in [-0.15, -0.1) is 11.3 Å². The van der Waals surface area contributed by atoms with Crippen LogP contribution in [0.1, 0.15) is 50.6 Å². The minimum Gasteiger partial charge on any atom is -0.337 e. The first-order chi connectivity index (χ1) is 10.4. The van der Waals surface area contributed by atoms with Gasteiger partial charge in [-0.3, -0.25) is 9.53 Å². The molecule has 0 bridgehead atoms. The minimum absolute atomic E-state index is 0.245. The summed E-state index contributed by atoms with van der Waals surface area (Å²) in [6.45, 7) is 6.21. The van der Waals surface area contributed by atoms with Gasteiger partial charge in [-0.25, -0.2) is 9.78 Å². The van der Waals surface area contributed by atoms with Crippen LogP contribution in [-0.4, -0.2) is 32.3 Å². The highest BCUT2D eigenvalue weighted by Gasteiger charge is 2.19. The average molecular weight is 344 g/mol. The zero-order chi connectivity index (χ0) is 16.2. The molecule has 2 N–H and O–H groups in total. The normalized spacial score (nSPS) is 16.5. The number of aryl methyl sites for hydroxylation is 2. The van der Waals surface area contributed by atoms with Crippen molar-refractivity contribution < 1.29 is 9.00 Å². The lowest BCUT2D eigenvalue weighted by molar-refractivity contribution is 0.252. The van der Waals surface area contributed by atoms with Gasteiger partial charge in [0.15, 0.2) is 5.13 Å². The summed E-state index contributed by atoms with van der Waals surface area (Å²) in [4.78, 5) is 17.7. The minimum atomic E-state index is -0.952. The van der Waals surface area contributed by atoms with Crippen LogP contribution in [-0.2, 0) is 23.6 Å². The number of anilines is 1. The molecule has 0 saturated carbocycles. The number of hydrogen-bond acceptors (Lipinski definition) is 4. The fourth-order valence-corrected chi connectivity index (χ4v) is 4.23. The first-order valence-electron chi connectivity index (χ1n) is 7.78. The maximum absolute atomic E-state index is 11.9. The highest BCUT2D eigenvalue weighted by atomic mass is 32.2. The zero-order valence-corrected chi connectivity index (χ0v) is 15.2. The average Bonchev–Trinajstić information content (AvgIpc) is 2.66. The Morgan fingerprint density at radius 1 is 1.27 bits per heavy atom. The molecule has 1 aromatic heterocycles. The van der Waals surface area contributed by atoms with Crippen LogP contribution in [0.4, 0.5) is 9.93 Å². The predicted molar refractivity (Wildman–Crippen MR) is 93.2 cm³/mol. The van der Waals surface area contributed by atoms with Gasteiger partial charge in [-0.2, -0.15) is 0 Å². The molecule has 5 nitrogen and oxygen atoms in total. The molecule has 1 aromatic rings. The number of nitrogens with one attached hydrogen (secondary N) is 2. The predicted octanol–water partition coefficient (Wildman–Crippen LogP) is 3.08. The number of urea groups is 1. The molecule has 0 fully saturated rings. The molecule has 0 aliphatic heterocycles. The second kappa shape index (κ2) is 7.55. The van der Waals surface area contributed by atoms with E-state index >= 15 is 0 Å². The Morgan fingerprint density at radius 3 is 2.73 bits per heavy atom. The fraction of sp³-hybridized carbons (Fsp3) is 0.733. The first kappa shape index (κ1) is 17.4. The van der Waals surface area contributed by atoms with E-state index in [1.807, 2.05) is 20.8 Å². The highest BCUT2D eigenvalue weighted by Crippen LogP contribution is 2.28. The van der Waals surface area contributed by atoms with E-state index < -0.39 is 10.8 Å². The summed E-state index contributed by atoms with van der Waals surface area (Å²) in [7, 11) is -0.952. The van der Waals surface area contributed by atoms with Crippen molar-refractivity contribution >= 4 is 33.3 Å². The van der Waals surface area contributed by atoms with Crippen LogP contribution in [0, 0.1) is 0 Å². The molecule has 1 aliphatic rings. The Labute approximate surface area is 138 Å². The molecule has 7 heteroatoms. The number of nitrogens with zero attached hydrogens (tertiary/aromatic N) is 1. The number of hydrogen-bond donors (Lipinski definition) is 2. The largest absolute Gasteiger partial charge is 0.337 e. The van der Waals surface area contributed by atoms with Gasteiger partial charge >= 0.3 is 6.03 Å². The van der Waals surface area contributed by atoms with Gasteiger partial charge in [0.05, 0.1) is 5.69 Å². The van der Waals surface area contributed by atoms with E-state index in [4.69, 9.17) is 0 Å². The molecule has 1 heterocycles. The molecule has 1 atom stereocenters. The van der Waals surface area contributed by atoms with Crippen LogP contribution in [0.25, 0.3) is 0 Å². The van der Waals surface area contributed by atoms with Crippen LogP contribution in [0.5, 0.6) is 0 Å². The molecule has 1 aliphatic carbocycles. The summed E-state index contributed by atoms with van der Waals surface area (Å²) < 4.78 is 11.7. The van der Waals surface area contributed by atoms with Crippen molar-refractivity contribution in [3.05, 3.63) is 10.6 Å². The van der Waals surface area contributed by atoms with Gasteiger partial charge in [-0.1, -0.05) is 6.42 Å². The van der Waals surface area contributed by atoms with Crippen LogP contribution in [0.2, 0.25) is 0 Å². The van der Waals surface area contributed by atoms with Gasteiger partial charge in [0.25, 0.3) is 0 Å². The van der Waals surface area contributed by atoms with Gasteiger partial charge < -0.3 is 5.32 Å². The summed E-state index contributed by atoms with van der Waals surface area (Å²) in [6.07, 6.45) is 5.73. The van der Waals surface area contributed by atoms with Gasteiger partial charge in [0, 0.05) is 32.7 Å². The molecular weight excluding hydrogens is 318 g/mol. The maximum Gasteiger partial charge on any atom is 0.321 e. The topological polar surface area (TPSA) is 71.1 Å². The number of aromatic nitrogens is 1. The molecule has 22 heavy (non-hydrogen) atoms. The third-order valence-corrected chi connectivity index (χ3v) is 6.59. The van der Waals surface area contributed by atoms with Crippen molar-refractivity contribution in [1.29, 1.82) is 0 Å². The second-order valence-corrected chi connectivity index (χ2v) is 9.90. The summed E-state index contributed by atoms with van der Waals surface area (Å²) in [5.41, 5.74) is 1.15. The quantitative estimate of drug-likeness (QED) is 0.825. The van der Waals surface area contributed by atoms with Crippen LogP contribution in [0.3, 0.4) is 0 Å². The van der Waals surface area contributed by atoms with Gasteiger partial charge in [0.2, 0.25) is 0 Å². The summed E-state index contributed by atoms with van der Waals surface area (Å²) in [6, 6.07) is -0.269. The molecule has 0 spiro atoms. The van der Waals surface area contributed by atoms with Crippen molar-refractivity contribution in [3.8, 4) is 0 Å². The first-order valence-corrected chi connectivity index (χ1v) is 9.92. The molecule has 0 aromatic carbocycles. The Kier molecular flexibility index (Phi) is 5.97. The van der Waals surface area contributed by atoms with Crippen molar-refractivity contribution in [3.63, 3.8) is 0 Å². The molecule has 1 unspecified atom stereocenters. The lowest BCUT2D eigenvalue weighted by Crippen LogP contribution is -2.35. The smallest absolute Gasteiger partial charge is 0.321 e. The molecule has 124 valence electrons. The van der Waals surface area contributed by atoms with Crippen LogP contribution < -0.4 is 10.6 Å². The van der Waals surface area contributed by atoms with Crippen molar-refractivity contribution in [2.45, 2.75) is 57.6 Å². The van der Waals surface area contributed by atoms with Gasteiger partial charge in [-0.05, 0) is 46.5 Å². The van der Waals surface area contributed by atoms with E-state index in [-0.39, 0.29) is 10.8 Å². The van der Waals surface area contributed by atoms with E-state index in [1.54, 1.807) is 11.3 Å². The van der Waals surface area contributed by atoms with E-state index in [0.29, 0.717) is 17.4 Å². The van der Waals surface area contributed by atoms with Crippen LogP contribution >= 0.6 is 11.3 Å². The lowest BCUT2D eigenvalue weighted by Gasteiger charge is -2.17. The summed E-state index contributed by atoms with van der Waals surface area (Å²) in [5.74, 6) is 0.464. The number of carbonyl (C=O) groups is 1. The fourth-order valence-electron chi connectivity index (χ4n) is 2.29. The third kappa shape index (κ3) is 5.05. The highest BCUT2D eigenvalue weighted by molar-refractivity contribution is 7.86. The maximum atomic E-state index is 11.9. The number of amides is 2. The van der Waals surface area contributed by atoms with E-state index in [9.17, 15) is 9.00 Å². The molecule has 0 radical (unpaired) electrons. The lowest BCUT2D eigenvalue weighted by atomic mass is 10.2. The molecule has 0 saturated heterocycles. The van der Waals surface area contributed by atoms with E-state index in [2.05, 4.69) is 15.6 Å². The third-order valence-electron chi connectivity index (χ3n) is 3.57. The second-order valence-electron chi connectivity index (χ2n) is 6.49. The molecular formula is C15H25N3O2S2. The zero-order valence-electron chi connectivity index (χ0n) is 13.5. The number of fused-ring (bicyclic) bond motifs is 1. The Hall–Kier alpha value is -0.950. The Bertz CT molecular complexity index is 526. The van der Waals surface area contributed by atoms with Crippen molar-refractivity contribution in [2.75, 3.05) is 17.6 Å². The summed E-state index contributed by atoms with van der Waals surface area (Å²) >= 11 is 1.58. The molecule has 2 amide bonds. The number of carbonyl (C=O) groups excluding carboxylic acids is 1. The standard InChI is InChI=1S/C15H25N3O2S2/c1-15(2,3)22(20)10-9-16-13(19)18-14-17-11-7-5-4-6-8-12(11)21-14/h4-10H2,1-3H3,(H2,16,17,18,19). The molecule has 2 rings (SSSR count). The number of thiazole rings is 1.